The second-order valence-corrected chi connectivity index (χ2v) is 8.59. The number of primary amides is 1. The van der Waals surface area contributed by atoms with Crippen molar-refractivity contribution in [2.75, 3.05) is 0 Å². The number of carboxylic acids is 1. The fraction of sp³-hybridized carbons (Fsp3) is 0.789. The van der Waals surface area contributed by atoms with Crippen molar-refractivity contribution in [3.8, 4) is 0 Å². The Labute approximate surface area is 158 Å². The summed E-state index contributed by atoms with van der Waals surface area (Å²) >= 11 is 0. The summed E-state index contributed by atoms with van der Waals surface area (Å²) < 4.78 is 0. The van der Waals surface area contributed by atoms with Crippen LogP contribution in [-0.4, -0.2) is 40.9 Å². The Balaban J connectivity index is 1.53. The highest BCUT2D eigenvalue weighted by Gasteiger charge is 2.50. The Kier molecular flexibility index (Phi) is 5.72. The summed E-state index contributed by atoms with van der Waals surface area (Å²) in [5, 5.41) is 14.4. The number of carbonyl (C=O) groups excluding carboxylic acids is 3. The molecule has 0 aliphatic heterocycles. The Bertz CT molecular complexity index is 607. The molecule has 4 bridgehead atoms. The van der Waals surface area contributed by atoms with E-state index in [-0.39, 0.29) is 24.7 Å². The Morgan fingerprint density at radius 2 is 1.56 bits per heavy atom. The maximum absolute atomic E-state index is 12.8. The number of aliphatic carboxylic acids is 1. The van der Waals surface area contributed by atoms with Gasteiger partial charge in [-0.15, -0.1) is 0 Å². The SMILES string of the molecule is C[C@@H](NC(=O)C1C2CC3CC(C2)CC1C3)C(=O)N[C@@H](CCC(N)=O)C(=O)O. The molecule has 4 aliphatic rings. The zero-order valence-electron chi connectivity index (χ0n) is 15.6. The Morgan fingerprint density at radius 1 is 1.00 bits per heavy atom. The van der Waals surface area contributed by atoms with E-state index in [1.807, 2.05) is 0 Å². The summed E-state index contributed by atoms with van der Waals surface area (Å²) in [6.45, 7) is 1.55. The lowest BCUT2D eigenvalue weighted by Gasteiger charge is -2.53. The lowest BCUT2D eigenvalue weighted by Crippen LogP contribution is -2.55. The molecule has 0 aromatic carbocycles. The van der Waals surface area contributed by atoms with Crippen LogP contribution in [0.5, 0.6) is 0 Å². The van der Waals surface area contributed by atoms with Gasteiger partial charge in [0.05, 0.1) is 0 Å². The van der Waals surface area contributed by atoms with Crippen molar-refractivity contribution in [3.63, 3.8) is 0 Å². The molecule has 27 heavy (non-hydrogen) atoms. The van der Waals surface area contributed by atoms with Crippen LogP contribution in [0.25, 0.3) is 0 Å². The monoisotopic (exact) mass is 379 g/mol. The molecule has 0 spiro atoms. The second kappa shape index (κ2) is 7.86. The van der Waals surface area contributed by atoms with E-state index < -0.39 is 29.9 Å². The number of carboxylic acid groups (broad SMARTS) is 1. The van der Waals surface area contributed by atoms with Crippen molar-refractivity contribution >= 4 is 23.7 Å². The van der Waals surface area contributed by atoms with Crippen LogP contribution in [0.2, 0.25) is 0 Å². The highest BCUT2D eigenvalue weighted by Crippen LogP contribution is 2.56. The third-order valence-electron chi connectivity index (χ3n) is 6.58. The highest BCUT2D eigenvalue weighted by molar-refractivity contribution is 5.91. The van der Waals surface area contributed by atoms with Gasteiger partial charge in [-0.2, -0.15) is 0 Å². The first-order chi connectivity index (χ1) is 12.7. The van der Waals surface area contributed by atoms with Crippen molar-refractivity contribution in [2.45, 2.75) is 64.0 Å². The maximum atomic E-state index is 12.8. The summed E-state index contributed by atoms with van der Waals surface area (Å²) in [4.78, 5) is 47.2. The van der Waals surface area contributed by atoms with Crippen LogP contribution in [0.1, 0.15) is 51.9 Å². The molecule has 4 rings (SSSR count). The van der Waals surface area contributed by atoms with Crippen LogP contribution >= 0.6 is 0 Å². The average molecular weight is 379 g/mol. The fourth-order valence-corrected chi connectivity index (χ4v) is 5.57. The summed E-state index contributed by atoms with van der Waals surface area (Å²) in [5.41, 5.74) is 5.04. The number of hydrogen-bond donors (Lipinski definition) is 4. The third kappa shape index (κ3) is 4.42. The molecule has 4 aliphatic carbocycles. The van der Waals surface area contributed by atoms with Gasteiger partial charge < -0.3 is 21.5 Å². The van der Waals surface area contributed by atoms with E-state index in [1.54, 1.807) is 6.92 Å². The number of nitrogens with one attached hydrogen (secondary N) is 2. The van der Waals surface area contributed by atoms with Gasteiger partial charge in [-0.25, -0.2) is 4.79 Å². The number of carbonyl (C=O) groups is 4. The molecular weight excluding hydrogens is 350 g/mol. The van der Waals surface area contributed by atoms with Crippen LogP contribution in [-0.2, 0) is 19.2 Å². The molecule has 8 nitrogen and oxygen atoms in total. The van der Waals surface area contributed by atoms with Crippen molar-refractivity contribution in [2.24, 2.45) is 35.3 Å². The minimum atomic E-state index is -1.23. The molecule has 150 valence electrons. The quantitative estimate of drug-likeness (QED) is 0.483. The van der Waals surface area contributed by atoms with E-state index >= 15 is 0 Å². The molecule has 8 heteroatoms. The molecule has 0 aromatic rings. The van der Waals surface area contributed by atoms with Crippen LogP contribution in [0, 0.1) is 29.6 Å². The van der Waals surface area contributed by atoms with Crippen LogP contribution in [0.3, 0.4) is 0 Å². The van der Waals surface area contributed by atoms with Crippen LogP contribution in [0.15, 0.2) is 0 Å². The maximum Gasteiger partial charge on any atom is 0.326 e. The smallest absolute Gasteiger partial charge is 0.326 e. The third-order valence-corrected chi connectivity index (χ3v) is 6.58. The van der Waals surface area contributed by atoms with Crippen LogP contribution < -0.4 is 16.4 Å². The van der Waals surface area contributed by atoms with E-state index in [4.69, 9.17) is 5.73 Å². The van der Waals surface area contributed by atoms with Gasteiger partial charge in [-0.3, -0.25) is 14.4 Å². The van der Waals surface area contributed by atoms with Crippen molar-refractivity contribution < 1.29 is 24.3 Å². The predicted octanol–water partition coefficient (Wildman–Crippen LogP) is 0.398. The number of amides is 3. The molecule has 0 unspecified atom stereocenters. The van der Waals surface area contributed by atoms with Crippen molar-refractivity contribution in [1.29, 1.82) is 0 Å². The minimum Gasteiger partial charge on any atom is -0.480 e. The summed E-state index contributed by atoms with van der Waals surface area (Å²) in [7, 11) is 0. The zero-order valence-corrected chi connectivity index (χ0v) is 15.6. The first-order valence-electron chi connectivity index (χ1n) is 9.86. The first kappa shape index (κ1) is 19.6. The Morgan fingerprint density at radius 3 is 2.04 bits per heavy atom. The molecule has 0 heterocycles. The first-order valence-corrected chi connectivity index (χ1v) is 9.86. The van der Waals surface area contributed by atoms with Crippen molar-refractivity contribution in [1.82, 2.24) is 10.6 Å². The Hall–Kier alpha value is -2.12. The number of rotatable bonds is 8. The van der Waals surface area contributed by atoms with Gasteiger partial charge in [0.15, 0.2) is 0 Å². The van der Waals surface area contributed by atoms with E-state index in [0.717, 1.165) is 37.5 Å². The van der Waals surface area contributed by atoms with Gasteiger partial charge in [0.25, 0.3) is 0 Å². The standard InChI is InChI=1S/C19H29N3O5/c1-9(17(24)22-14(19(26)27)2-3-15(20)23)21-18(25)16-12-5-10-4-11(7-12)8-13(16)6-10/h9-14,16H,2-8H2,1H3,(H2,20,23)(H,21,25)(H,22,24)(H,26,27)/t9-,10?,11?,12?,13?,14+,16?/m1/s1. The molecule has 0 saturated heterocycles. The van der Waals surface area contributed by atoms with E-state index in [1.165, 1.54) is 6.42 Å². The van der Waals surface area contributed by atoms with Gasteiger partial charge >= 0.3 is 5.97 Å². The molecule has 0 radical (unpaired) electrons. The van der Waals surface area contributed by atoms with E-state index in [9.17, 15) is 24.3 Å². The van der Waals surface area contributed by atoms with Crippen LogP contribution in [0.4, 0.5) is 0 Å². The molecular formula is C19H29N3O5. The average Bonchev–Trinajstić information content (AvgIpc) is 2.56. The van der Waals surface area contributed by atoms with E-state index in [0.29, 0.717) is 11.8 Å². The molecule has 3 amide bonds. The summed E-state index contributed by atoms with van der Waals surface area (Å²) in [6.07, 6.45) is 5.54. The summed E-state index contributed by atoms with van der Waals surface area (Å²) in [6, 6.07) is -2.03. The van der Waals surface area contributed by atoms with Gasteiger partial charge in [-0.1, -0.05) is 0 Å². The topological polar surface area (TPSA) is 139 Å². The zero-order chi connectivity index (χ0) is 19.7. The number of hydrogen-bond acceptors (Lipinski definition) is 4. The molecule has 4 saturated carbocycles. The molecule has 4 fully saturated rings. The predicted molar refractivity (Wildman–Crippen MR) is 96.1 cm³/mol. The largest absolute Gasteiger partial charge is 0.480 e. The highest BCUT2D eigenvalue weighted by atomic mass is 16.4. The van der Waals surface area contributed by atoms with Crippen molar-refractivity contribution in [3.05, 3.63) is 0 Å². The molecule has 2 atom stereocenters. The normalized spacial score (nSPS) is 33.1. The lowest BCUT2D eigenvalue weighted by molar-refractivity contribution is -0.143. The second-order valence-electron chi connectivity index (χ2n) is 8.59. The minimum absolute atomic E-state index is 0.0295. The number of nitrogens with two attached hydrogens (primary N) is 1. The fourth-order valence-electron chi connectivity index (χ4n) is 5.57. The lowest BCUT2D eigenvalue weighted by atomic mass is 9.51. The molecule has 5 N–H and O–H groups in total. The van der Waals surface area contributed by atoms with Gasteiger partial charge in [0.2, 0.25) is 17.7 Å². The molecule has 0 aromatic heterocycles. The van der Waals surface area contributed by atoms with Gasteiger partial charge in [-0.05, 0) is 69.1 Å². The van der Waals surface area contributed by atoms with Gasteiger partial charge in [0.1, 0.15) is 12.1 Å². The van der Waals surface area contributed by atoms with E-state index in [2.05, 4.69) is 10.6 Å². The van der Waals surface area contributed by atoms with Gasteiger partial charge in [0, 0.05) is 12.3 Å². The summed E-state index contributed by atoms with van der Waals surface area (Å²) in [5.74, 6) is -0.184.